The van der Waals surface area contributed by atoms with Crippen LogP contribution in [0.5, 0.6) is 11.5 Å². The summed E-state index contributed by atoms with van der Waals surface area (Å²) in [6.45, 7) is 4.46. The number of hydrogen-bond donors (Lipinski definition) is 0. The Labute approximate surface area is 79.5 Å². The average molecular weight is 179 g/mol. The van der Waals surface area contributed by atoms with Crippen molar-refractivity contribution < 1.29 is 9.47 Å². The first kappa shape index (κ1) is 9.90. The molecule has 13 heavy (non-hydrogen) atoms. The SMILES string of the molecule is [CH2]CCCOc1cccc(OC)c1. The van der Waals surface area contributed by atoms with Gasteiger partial charge in [0.2, 0.25) is 0 Å². The smallest absolute Gasteiger partial charge is 0.122 e. The van der Waals surface area contributed by atoms with Gasteiger partial charge in [-0.1, -0.05) is 19.4 Å². The summed E-state index contributed by atoms with van der Waals surface area (Å²) in [6.07, 6.45) is 1.89. The Hall–Kier alpha value is -1.18. The van der Waals surface area contributed by atoms with Crippen LogP contribution in [-0.4, -0.2) is 13.7 Å². The van der Waals surface area contributed by atoms with Gasteiger partial charge in [-0.25, -0.2) is 0 Å². The predicted molar refractivity (Wildman–Crippen MR) is 53.1 cm³/mol. The summed E-state index contributed by atoms with van der Waals surface area (Å²) in [4.78, 5) is 0. The van der Waals surface area contributed by atoms with Crippen LogP contribution in [0.15, 0.2) is 24.3 Å². The van der Waals surface area contributed by atoms with Gasteiger partial charge in [0.25, 0.3) is 0 Å². The van der Waals surface area contributed by atoms with E-state index in [4.69, 9.17) is 9.47 Å². The Balaban J connectivity index is 2.46. The molecule has 0 saturated heterocycles. The van der Waals surface area contributed by atoms with Gasteiger partial charge in [0.05, 0.1) is 13.7 Å². The first-order valence-corrected chi connectivity index (χ1v) is 4.43. The maximum Gasteiger partial charge on any atom is 0.122 e. The van der Waals surface area contributed by atoms with Crippen LogP contribution in [-0.2, 0) is 0 Å². The van der Waals surface area contributed by atoms with Gasteiger partial charge in [-0.3, -0.25) is 0 Å². The monoisotopic (exact) mass is 179 g/mol. The number of methoxy groups -OCH3 is 1. The van der Waals surface area contributed by atoms with Crippen molar-refractivity contribution in [2.24, 2.45) is 0 Å². The third-order valence-corrected chi connectivity index (χ3v) is 1.70. The number of unbranched alkanes of at least 4 members (excludes halogenated alkanes) is 1. The van der Waals surface area contributed by atoms with Gasteiger partial charge in [0, 0.05) is 6.07 Å². The highest BCUT2D eigenvalue weighted by molar-refractivity contribution is 5.32. The van der Waals surface area contributed by atoms with Crippen LogP contribution < -0.4 is 9.47 Å². The van der Waals surface area contributed by atoms with Gasteiger partial charge in [0.15, 0.2) is 0 Å². The average Bonchev–Trinajstić information content (AvgIpc) is 2.19. The maximum absolute atomic E-state index is 5.47. The molecule has 1 rings (SSSR count). The molecule has 1 aromatic rings. The first-order valence-electron chi connectivity index (χ1n) is 4.43. The Kier molecular flexibility index (Phi) is 4.16. The molecule has 71 valence electrons. The van der Waals surface area contributed by atoms with Crippen LogP contribution >= 0.6 is 0 Å². The summed E-state index contributed by atoms with van der Waals surface area (Å²) in [5.41, 5.74) is 0. The summed E-state index contributed by atoms with van der Waals surface area (Å²) in [5, 5.41) is 0. The lowest BCUT2D eigenvalue weighted by molar-refractivity contribution is 0.309. The fraction of sp³-hybridized carbons (Fsp3) is 0.364. The zero-order valence-corrected chi connectivity index (χ0v) is 7.95. The van der Waals surface area contributed by atoms with Gasteiger partial charge in [-0.2, -0.15) is 0 Å². The molecule has 0 spiro atoms. The standard InChI is InChI=1S/C11H15O2/c1-3-4-8-13-11-7-5-6-10(9-11)12-2/h5-7,9H,1,3-4,8H2,2H3. The molecule has 0 aromatic heterocycles. The van der Waals surface area contributed by atoms with E-state index < -0.39 is 0 Å². The maximum atomic E-state index is 5.47. The number of ether oxygens (including phenoxy) is 2. The quantitative estimate of drug-likeness (QED) is 0.647. The van der Waals surface area contributed by atoms with Crippen molar-refractivity contribution in [1.29, 1.82) is 0 Å². The first-order chi connectivity index (χ1) is 6.36. The molecule has 0 heterocycles. The van der Waals surface area contributed by atoms with Crippen molar-refractivity contribution >= 4 is 0 Å². The Morgan fingerprint density at radius 3 is 2.77 bits per heavy atom. The summed E-state index contributed by atoms with van der Waals surface area (Å²) < 4.78 is 10.5. The van der Waals surface area contributed by atoms with Crippen LogP contribution in [0.4, 0.5) is 0 Å². The summed E-state index contributed by atoms with van der Waals surface area (Å²) in [7, 11) is 1.65. The fourth-order valence-corrected chi connectivity index (χ4v) is 0.983. The second kappa shape index (κ2) is 5.46. The Morgan fingerprint density at radius 2 is 2.08 bits per heavy atom. The molecule has 0 N–H and O–H groups in total. The normalized spacial score (nSPS) is 9.69. The van der Waals surface area contributed by atoms with Gasteiger partial charge >= 0.3 is 0 Å². The summed E-state index contributed by atoms with van der Waals surface area (Å²) in [5.74, 6) is 1.68. The van der Waals surface area contributed by atoms with E-state index in [-0.39, 0.29) is 0 Å². The highest BCUT2D eigenvalue weighted by Gasteiger charge is 1.95. The second-order valence-electron chi connectivity index (χ2n) is 2.73. The molecule has 0 amide bonds. The second-order valence-corrected chi connectivity index (χ2v) is 2.73. The van der Waals surface area contributed by atoms with Crippen LogP contribution in [0.1, 0.15) is 12.8 Å². The lowest BCUT2D eigenvalue weighted by Gasteiger charge is -2.06. The minimum Gasteiger partial charge on any atom is -0.497 e. The zero-order valence-electron chi connectivity index (χ0n) is 7.95. The van der Waals surface area contributed by atoms with Crippen LogP contribution in [0.2, 0.25) is 0 Å². The van der Waals surface area contributed by atoms with Crippen molar-refractivity contribution in [3.8, 4) is 11.5 Å². The molecule has 0 atom stereocenters. The van der Waals surface area contributed by atoms with Crippen LogP contribution in [0.25, 0.3) is 0 Å². The van der Waals surface area contributed by atoms with E-state index in [1.807, 2.05) is 24.3 Å². The van der Waals surface area contributed by atoms with E-state index in [0.29, 0.717) is 0 Å². The minimum absolute atomic E-state index is 0.719. The lowest BCUT2D eigenvalue weighted by Crippen LogP contribution is -1.96. The van der Waals surface area contributed by atoms with E-state index in [1.165, 1.54) is 0 Å². The van der Waals surface area contributed by atoms with Gasteiger partial charge < -0.3 is 9.47 Å². The van der Waals surface area contributed by atoms with Gasteiger partial charge in [-0.05, 0) is 18.6 Å². The molecule has 0 saturated carbocycles. The summed E-state index contributed by atoms with van der Waals surface area (Å²) >= 11 is 0. The number of benzene rings is 1. The van der Waals surface area contributed by atoms with Crippen molar-refractivity contribution in [2.45, 2.75) is 12.8 Å². The molecular formula is C11H15O2. The van der Waals surface area contributed by atoms with Crippen LogP contribution in [0.3, 0.4) is 0 Å². The van der Waals surface area contributed by atoms with Gasteiger partial charge in [-0.15, -0.1) is 0 Å². The van der Waals surface area contributed by atoms with Crippen molar-refractivity contribution in [2.75, 3.05) is 13.7 Å². The van der Waals surface area contributed by atoms with Crippen LogP contribution in [0, 0.1) is 6.92 Å². The predicted octanol–water partition coefficient (Wildman–Crippen LogP) is 2.69. The highest BCUT2D eigenvalue weighted by atomic mass is 16.5. The van der Waals surface area contributed by atoms with Gasteiger partial charge in [0.1, 0.15) is 11.5 Å². The topological polar surface area (TPSA) is 18.5 Å². The third kappa shape index (κ3) is 3.36. The van der Waals surface area contributed by atoms with Crippen molar-refractivity contribution in [3.63, 3.8) is 0 Å². The van der Waals surface area contributed by atoms with E-state index >= 15 is 0 Å². The number of rotatable bonds is 5. The van der Waals surface area contributed by atoms with E-state index in [9.17, 15) is 0 Å². The largest absolute Gasteiger partial charge is 0.497 e. The zero-order chi connectivity index (χ0) is 9.52. The van der Waals surface area contributed by atoms with E-state index in [2.05, 4.69) is 6.92 Å². The Bertz CT molecular complexity index is 246. The molecule has 0 aliphatic rings. The molecule has 2 heteroatoms. The molecule has 0 unspecified atom stereocenters. The highest BCUT2D eigenvalue weighted by Crippen LogP contribution is 2.18. The summed E-state index contributed by atoms with van der Waals surface area (Å²) in [6, 6.07) is 7.61. The van der Waals surface area contributed by atoms with Crippen molar-refractivity contribution in [1.82, 2.24) is 0 Å². The molecule has 1 aromatic carbocycles. The molecule has 0 bridgehead atoms. The van der Waals surface area contributed by atoms with E-state index in [1.54, 1.807) is 7.11 Å². The van der Waals surface area contributed by atoms with E-state index in [0.717, 1.165) is 30.9 Å². The third-order valence-electron chi connectivity index (χ3n) is 1.70. The molecule has 0 aliphatic heterocycles. The minimum atomic E-state index is 0.719. The molecule has 0 fully saturated rings. The molecule has 1 radical (unpaired) electrons. The molecular weight excluding hydrogens is 164 g/mol. The fourth-order valence-electron chi connectivity index (χ4n) is 0.983. The molecule has 0 aliphatic carbocycles. The van der Waals surface area contributed by atoms with Crippen molar-refractivity contribution in [3.05, 3.63) is 31.2 Å². The lowest BCUT2D eigenvalue weighted by atomic mass is 10.3. The number of hydrogen-bond acceptors (Lipinski definition) is 2. The Morgan fingerprint density at radius 1 is 1.31 bits per heavy atom. The molecule has 2 nitrogen and oxygen atoms in total.